The van der Waals surface area contributed by atoms with Gasteiger partial charge in [-0.1, -0.05) is 24.3 Å². The van der Waals surface area contributed by atoms with E-state index >= 15 is 0 Å². The Balaban J connectivity index is 2.25. The molecule has 0 unspecified atom stereocenters. The molecule has 0 saturated heterocycles. The smallest absolute Gasteiger partial charge is 0.159 e. The minimum atomic E-state index is -0.0435. The number of aromatic nitrogens is 2. The minimum absolute atomic E-state index is 0.0435. The van der Waals surface area contributed by atoms with Gasteiger partial charge in [0.25, 0.3) is 0 Å². The van der Waals surface area contributed by atoms with Crippen LogP contribution in [-0.4, -0.2) is 26.8 Å². The predicted molar refractivity (Wildman–Crippen MR) is 83.4 cm³/mol. The second kappa shape index (κ2) is 5.61. The summed E-state index contributed by atoms with van der Waals surface area (Å²) in [7, 11) is 1.84. The van der Waals surface area contributed by atoms with Crippen LogP contribution in [0.15, 0.2) is 29.3 Å². The Bertz CT molecular complexity index is 715. The molecule has 0 atom stereocenters. The van der Waals surface area contributed by atoms with Crippen LogP contribution in [0.3, 0.4) is 0 Å². The maximum Gasteiger partial charge on any atom is 0.159 e. The van der Waals surface area contributed by atoms with Crippen LogP contribution in [-0.2, 0) is 13.7 Å². The lowest BCUT2D eigenvalue weighted by molar-refractivity contribution is 0.282. The number of aliphatic hydroxyl groups excluding tert-OH is 1. The lowest BCUT2D eigenvalue weighted by Gasteiger charge is -2.10. The quantitative estimate of drug-likeness (QED) is 0.888. The molecule has 0 spiro atoms. The van der Waals surface area contributed by atoms with Crippen molar-refractivity contribution < 1.29 is 5.11 Å². The van der Waals surface area contributed by atoms with Crippen LogP contribution in [0, 0.1) is 5.41 Å². The molecular formula is C16H18N4O. The van der Waals surface area contributed by atoms with Crippen LogP contribution in [0.2, 0.25) is 0 Å². The van der Waals surface area contributed by atoms with E-state index in [2.05, 4.69) is 10.1 Å². The van der Waals surface area contributed by atoms with Gasteiger partial charge in [-0.3, -0.25) is 0 Å². The summed E-state index contributed by atoms with van der Waals surface area (Å²) in [6.07, 6.45) is 4.43. The molecule has 0 saturated carbocycles. The number of nitrogens with one attached hydrogen (secondary N) is 1. The highest BCUT2D eigenvalue weighted by Gasteiger charge is 2.22. The van der Waals surface area contributed by atoms with Crippen molar-refractivity contribution in [3.63, 3.8) is 0 Å². The third-order valence-corrected chi connectivity index (χ3v) is 3.74. The minimum Gasteiger partial charge on any atom is -0.392 e. The van der Waals surface area contributed by atoms with Crippen LogP contribution in [0.4, 0.5) is 5.82 Å². The SMILES string of the molecule is Cn1nc(-c2ccccc2CO)c2c1N=CCCCC2=N. The summed E-state index contributed by atoms with van der Waals surface area (Å²) in [5, 5.41) is 22.4. The molecule has 0 aliphatic carbocycles. The van der Waals surface area contributed by atoms with E-state index in [1.807, 2.05) is 37.5 Å². The Morgan fingerprint density at radius 1 is 1.33 bits per heavy atom. The largest absolute Gasteiger partial charge is 0.392 e. The average molecular weight is 282 g/mol. The number of aliphatic hydroxyl groups is 1. The first-order valence-electron chi connectivity index (χ1n) is 7.09. The molecule has 1 aliphatic rings. The Kier molecular flexibility index (Phi) is 3.66. The highest BCUT2D eigenvalue weighted by Crippen LogP contribution is 2.34. The van der Waals surface area contributed by atoms with Crippen molar-refractivity contribution >= 4 is 17.7 Å². The summed E-state index contributed by atoms with van der Waals surface area (Å²) in [6.45, 7) is -0.0435. The van der Waals surface area contributed by atoms with E-state index in [-0.39, 0.29) is 6.61 Å². The summed E-state index contributed by atoms with van der Waals surface area (Å²) >= 11 is 0. The molecule has 5 heteroatoms. The Morgan fingerprint density at radius 2 is 2.14 bits per heavy atom. The van der Waals surface area contributed by atoms with Crippen LogP contribution in [0.25, 0.3) is 11.3 Å². The number of hydrogen-bond donors (Lipinski definition) is 2. The molecule has 1 aliphatic heterocycles. The number of hydrogen-bond acceptors (Lipinski definition) is 4. The molecule has 1 aromatic heterocycles. The first-order valence-corrected chi connectivity index (χ1v) is 7.09. The summed E-state index contributed by atoms with van der Waals surface area (Å²) in [5.74, 6) is 0.724. The highest BCUT2D eigenvalue weighted by atomic mass is 16.3. The first kappa shape index (κ1) is 13.7. The van der Waals surface area contributed by atoms with E-state index in [0.29, 0.717) is 5.71 Å². The van der Waals surface area contributed by atoms with E-state index in [0.717, 1.165) is 47.5 Å². The summed E-state index contributed by atoms with van der Waals surface area (Å²) in [4.78, 5) is 4.47. The van der Waals surface area contributed by atoms with Crippen molar-refractivity contribution in [2.45, 2.75) is 25.9 Å². The fourth-order valence-electron chi connectivity index (χ4n) is 2.66. The summed E-state index contributed by atoms with van der Waals surface area (Å²) in [5.41, 5.74) is 3.78. The Hall–Kier alpha value is -2.27. The van der Waals surface area contributed by atoms with Gasteiger partial charge < -0.3 is 10.5 Å². The van der Waals surface area contributed by atoms with Gasteiger partial charge in [0.15, 0.2) is 5.82 Å². The van der Waals surface area contributed by atoms with Gasteiger partial charge in [0.1, 0.15) is 5.69 Å². The van der Waals surface area contributed by atoms with Crippen molar-refractivity contribution in [3.8, 4) is 11.3 Å². The molecule has 108 valence electrons. The maximum atomic E-state index is 9.54. The molecule has 2 heterocycles. The van der Waals surface area contributed by atoms with Crippen molar-refractivity contribution in [2.75, 3.05) is 0 Å². The third kappa shape index (κ3) is 2.40. The van der Waals surface area contributed by atoms with Crippen LogP contribution < -0.4 is 0 Å². The fourth-order valence-corrected chi connectivity index (χ4v) is 2.66. The van der Waals surface area contributed by atoms with Gasteiger partial charge in [0.05, 0.1) is 12.2 Å². The molecule has 5 nitrogen and oxygen atoms in total. The van der Waals surface area contributed by atoms with Gasteiger partial charge >= 0.3 is 0 Å². The zero-order valence-corrected chi connectivity index (χ0v) is 12.0. The van der Waals surface area contributed by atoms with Gasteiger partial charge in [-0.25, -0.2) is 9.67 Å². The average Bonchev–Trinajstić information content (AvgIpc) is 2.80. The molecule has 21 heavy (non-hydrogen) atoms. The number of aliphatic imine (C=N–C) groups is 1. The van der Waals surface area contributed by atoms with E-state index < -0.39 is 0 Å². The summed E-state index contributed by atoms with van der Waals surface area (Å²) < 4.78 is 1.72. The van der Waals surface area contributed by atoms with Gasteiger partial charge in [-0.05, 0) is 24.8 Å². The number of rotatable bonds is 2. The van der Waals surface area contributed by atoms with Gasteiger partial charge in [0.2, 0.25) is 0 Å². The Labute approximate surface area is 123 Å². The predicted octanol–water partition coefficient (Wildman–Crippen LogP) is 2.83. The van der Waals surface area contributed by atoms with Crippen LogP contribution in [0.1, 0.15) is 30.4 Å². The molecular weight excluding hydrogens is 264 g/mol. The van der Waals surface area contributed by atoms with E-state index in [1.165, 1.54) is 0 Å². The molecule has 0 bridgehead atoms. The van der Waals surface area contributed by atoms with Crippen molar-refractivity contribution in [2.24, 2.45) is 12.0 Å². The van der Waals surface area contributed by atoms with Crippen molar-refractivity contribution in [1.82, 2.24) is 9.78 Å². The fraction of sp³-hybridized carbons (Fsp3) is 0.312. The third-order valence-electron chi connectivity index (χ3n) is 3.74. The number of benzene rings is 1. The standard InChI is InChI=1S/C16H18N4O/c1-20-16-14(13(17)8-4-5-9-18-16)15(19-20)12-7-3-2-6-11(12)10-21/h2-3,6-7,9,17,21H,4-5,8,10H2,1H3. The molecule has 3 rings (SSSR count). The normalized spacial score (nSPS) is 14.7. The highest BCUT2D eigenvalue weighted by molar-refractivity contribution is 6.08. The number of nitrogens with zero attached hydrogens (tertiary/aromatic N) is 3. The second-order valence-corrected chi connectivity index (χ2v) is 5.17. The van der Waals surface area contributed by atoms with E-state index in [4.69, 9.17) is 5.41 Å². The number of fused-ring (bicyclic) bond motifs is 1. The van der Waals surface area contributed by atoms with E-state index in [9.17, 15) is 5.11 Å². The monoisotopic (exact) mass is 282 g/mol. The molecule has 1 aromatic carbocycles. The van der Waals surface area contributed by atoms with E-state index in [1.54, 1.807) is 4.68 Å². The van der Waals surface area contributed by atoms with Crippen LogP contribution in [0.5, 0.6) is 0 Å². The van der Waals surface area contributed by atoms with Crippen molar-refractivity contribution in [1.29, 1.82) is 5.41 Å². The van der Waals surface area contributed by atoms with Gasteiger partial charge in [-0.2, -0.15) is 5.10 Å². The molecule has 2 N–H and O–H groups in total. The maximum absolute atomic E-state index is 9.54. The van der Waals surface area contributed by atoms with Gasteiger partial charge in [-0.15, -0.1) is 0 Å². The molecule has 0 amide bonds. The van der Waals surface area contributed by atoms with Crippen molar-refractivity contribution in [3.05, 3.63) is 35.4 Å². The topological polar surface area (TPSA) is 74.3 Å². The zero-order chi connectivity index (χ0) is 14.8. The zero-order valence-electron chi connectivity index (χ0n) is 12.0. The lowest BCUT2D eigenvalue weighted by atomic mass is 9.97. The number of aryl methyl sites for hydroxylation is 1. The molecule has 2 aromatic rings. The molecule has 0 radical (unpaired) electrons. The first-order chi connectivity index (χ1) is 10.2. The van der Waals surface area contributed by atoms with Gasteiger partial charge in [0, 0.05) is 24.5 Å². The van der Waals surface area contributed by atoms with Crippen LogP contribution >= 0.6 is 0 Å². The second-order valence-electron chi connectivity index (χ2n) is 5.17. The lowest BCUT2D eigenvalue weighted by Crippen LogP contribution is -2.03. The summed E-state index contributed by atoms with van der Waals surface area (Å²) in [6, 6.07) is 7.63. The Morgan fingerprint density at radius 3 is 2.95 bits per heavy atom. The molecule has 0 fully saturated rings.